The van der Waals surface area contributed by atoms with Crippen molar-refractivity contribution in [3.8, 4) is 5.75 Å². The van der Waals surface area contributed by atoms with Crippen molar-refractivity contribution >= 4 is 17.6 Å². The largest absolute Gasteiger partial charge is 0.435 e. The van der Waals surface area contributed by atoms with Crippen molar-refractivity contribution in [2.75, 3.05) is 11.6 Å². The van der Waals surface area contributed by atoms with Crippen LogP contribution in [0.4, 0.5) is 14.6 Å². The first-order valence-corrected chi connectivity index (χ1v) is 7.50. The number of ether oxygens (including phenoxy) is 1. The summed E-state index contributed by atoms with van der Waals surface area (Å²) in [6, 6.07) is 10.2. The maximum atomic E-state index is 12.1. The quantitative estimate of drug-likeness (QED) is 0.818. The van der Waals surface area contributed by atoms with E-state index in [1.807, 2.05) is 25.3 Å². The van der Waals surface area contributed by atoms with E-state index in [-0.39, 0.29) is 11.8 Å². The van der Waals surface area contributed by atoms with Crippen LogP contribution in [0.1, 0.15) is 18.5 Å². The second kappa shape index (κ2) is 7.21. The Bertz CT molecular complexity index is 563. The zero-order valence-corrected chi connectivity index (χ0v) is 12.4. The summed E-state index contributed by atoms with van der Waals surface area (Å²) in [5.41, 5.74) is 0.937. The molecule has 0 bridgehead atoms. The van der Waals surface area contributed by atoms with Crippen LogP contribution in [0.25, 0.3) is 0 Å². The van der Waals surface area contributed by atoms with E-state index in [9.17, 15) is 8.78 Å². The molecule has 0 amide bonds. The minimum atomic E-state index is -2.81. The fraction of sp³-hybridized carbons (Fsp3) is 0.286. The maximum Gasteiger partial charge on any atom is 0.387 e. The molecule has 0 fully saturated rings. The number of hydrogen-bond acceptors (Lipinski definition) is 5. The molecular formula is C14H15F2N3OS. The molecule has 0 aliphatic carbocycles. The molecule has 0 spiro atoms. The lowest BCUT2D eigenvalue weighted by Crippen LogP contribution is -2.08. The molecule has 4 nitrogen and oxygen atoms in total. The van der Waals surface area contributed by atoms with Gasteiger partial charge in [0.2, 0.25) is 0 Å². The Morgan fingerprint density at radius 2 is 1.81 bits per heavy atom. The van der Waals surface area contributed by atoms with Gasteiger partial charge in [-0.25, -0.2) is 0 Å². The highest BCUT2D eigenvalue weighted by atomic mass is 32.2. The SMILES string of the molecule is CSc1ccc(NC(C)c2ccc(OC(F)F)cc2)nn1. The Balaban J connectivity index is 2.00. The standard InChI is InChI=1S/C14H15F2N3OS/c1-9(17-12-7-8-13(21-2)19-18-12)10-3-5-11(6-4-10)20-14(15)16/h3-9,14H,1-2H3,(H,17,18). The predicted molar refractivity (Wildman–Crippen MR) is 78.9 cm³/mol. The van der Waals surface area contributed by atoms with Crippen molar-refractivity contribution in [2.24, 2.45) is 0 Å². The average Bonchev–Trinajstić information content (AvgIpc) is 2.48. The van der Waals surface area contributed by atoms with E-state index in [1.165, 1.54) is 23.9 Å². The number of rotatable bonds is 6. The Labute approximate surface area is 125 Å². The number of nitrogens with zero attached hydrogens (tertiary/aromatic N) is 2. The Kier molecular flexibility index (Phi) is 5.32. The van der Waals surface area contributed by atoms with Crippen molar-refractivity contribution in [3.05, 3.63) is 42.0 Å². The fourth-order valence-electron chi connectivity index (χ4n) is 1.75. The van der Waals surface area contributed by atoms with Crippen molar-refractivity contribution < 1.29 is 13.5 Å². The van der Waals surface area contributed by atoms with Crippen molar-refractivity contribution in [2.45, 2.75) is 24.6 Å². The topological polar surface area (TPSA) is 47.0 Å². The van der Waals surface area contributed by atoms with Gasteiger partial charge >= 0.3 is 6.61 Å². The summed E-state index contributed by atoms with van der Waals surface area (Å²) < 4.78 is 28.5. The number of halogens is 2. The van der Waals surface area contributed by atoms with Crippen LogP contribution in [-0.4, -0.2) is 23.1 Å². The molecule has 0 radical (unpaired) electrons. The van der Waals surface area contributed by atoms with Crippen LogP contribution in [0, 0.1) is 0 Å². The molecule has 1 heterocycles. The monoisotopic (exact) mass is 311 g/mol. The van der Waals surface area contributed by atoms with Crippen LogP contribution in [-0.2, 0) is 0 Å². The summed E-state index contributed by atoms with van der Waals surface area (Å²) >= 11 is 1.52. The van der Waals surface area contributed by atoms with Gasteiger partial charge in [0.15, 0.2) is 0 Å². The molecule has 112 valence electrons. The van der Waals surface area contributed by atoms with E-state index in [4.69, 9.17) is 0 Å². The molecule has 2 aromatic rings. The van der Waals surface area contributed by atoms with Crippen LogP contribution in [0.5, 0.6) is 5.75 Å². The van der Waals surface area contributed by atoms with Gasteiger partial charge in [-0.05, 0) is 43.0 Å². The second-order valence-electron chi connectivity index (χ2n) is 4.27. The molecule has 0 saturated heterocycles. The Morgan fingerprint density at radius 1 is 1.10 bits per heavy atom. The second-order valence-corrected chi connectivity index (χ2v) is 5.10. The van der Waals surface area contributed by atoms with Gasteiger partial charge in [-0.1, -0.05) is 12.1 Å². The van der Waals surface area contributed by atoms with Crippen molar-refractivity contribution in [1.29, 1.82) is 0 Å². The van der Waals surface area contributed by atoms with Crippen LogP contribution in [0.3, 0.4) is 0 Å². The van der Waals surface area contributed by atoms with Gasteiger partial charge in [0.05, 0.1) is 6.04 Å². The lowest BCUT2D eigenvalue weighted by molar-refractivity contribution is -0.0498. The number of alkyl halides is 2. The fourth-order valence-corrected chi connectivity index (χ4v) is 2.08. The molecule has 0 saturated carbocycles. The summed E-state index contributed by atoms with van der Waals surface area (Å²) in [5.74, 6) is 0.804. The van der Waals surface area contributed by atoms with Gasteiger partial charge < -0.3 is 10.1 Å². The molecule has 1 aromatic heterocycles. The molecule has 7 heteroatoms. The lowest BCUT2D eigenvalue weighted by atomic mass is 10.1. The molecule has 2 rings (SSSR count). The van der Waals surface area contributed by atoms with Gasteiger partial charge in [0.1, 0.15) is 16.6 Å². The van der Waals surface area contributed by atoms with E-state index in [2.05, 4.69) is 20.3 Å². The van der Waals surface area contributed by atoms with E-state index in [0.29, 0.717) is 5.82 Å². The molecule has 0 aliphatic rings. The highest BCUT2D eigenvalue weighted by Gasteiger charge is 2.08. The summed E-state index contributed by atoms with van der Waals surface area (Å²) in [6.45, 7) is -0.857. The molecular weight excluding hydrogens is 296 g/mol. The smallest absolute Gasteiger partial charge is 0.387 e. The Hall–Kier alpha value is -1.89. The van der Waals surface area contributed by atoms with E-state index >= 15 is 0 Å². The van der Waals surface area contributed by atoms with Gasteiger partial charge in [-0.15, -0.1) is 22.0 Å². The third-order valence-electron chi connectivity index (χ3n) is 2.82. The molecule has 1 atom stereocenters. The number of anilines is 1. The number of hydrogen-bond donors (Lipinski definition) is 1. The summed E-state index contributed by atoms with van der Waals surface area (Å²) in [6.07, 6.45) is 1.93. The molecule has 1 N–H and O–H groups in total. The normalized spacial score (nSPS) is 12.2. The van der Waals surface area contributed by atoms with Crippen LogP contribution >= 0.6 is 11.8 Å². The number of benzene rings is 1. The van der Waals surface area contributed by atoms with Crippen LogP contribution in [0.2, 0.25) is 0 Å². The van der Waals surface area contributed by atoms with E-state index in [0.717, 1.165) is 10.6 Å². The molecule has 21 heavy (non-hydrogen) atoms. The minimum Gasteiger partial charge on any atom is -0.435 e. The average molecular weight is 311 g/mol. The first kappa shape index (κ1) is 15.5. The number of aromatic nitrogens is 2. The maximum absolute atomic E-state index is 12.1. The van der Waals surface area contributed by atoms with Gasteiger partial charge in [0, 0.05) is 0 Å². The number of thioether (sulfide) groups is 1. The Morgan fingerprint density at radius 3 is 2.33 bits per heavy atom. The van der Waals surface area contributed by atoms with E-state index < -0.39 is 6.61 Å². The zero-order chi connectivity index (χ0) is 15.2. The highest BCUT2D eigenvalue weighted by Crippen LogP contribution is 2.22. The molecule has 0 aliphatic heterocycles. The van der Waals surface area contributed by atoms with Gasteiger partial charge in [-0.3, -0.25) is 0 Å². The third kappa shape index (κ3) is 4.56. The van der Waals surface area contributed by atoms with Gasteiger partial charge in [-0.2, -0.15) is 8.78 Å². The summed E-state index contributed by atoms with van der Waals surface area (Å²) in [4.78, 5) is 0. The highest BCUT2D eigenvalue weighted by molar-refractivity contribution is 7.98. The zero-order valence-electron chi connectivity index (χ0n) is 11.6. The summed E-state index contributed by atoms with van der Waals surface area (Å²) in [7, 11) is 0. The minimum absolute atomic E-state index is 0.0278. The third-order valence-corrected chi connectivity index (χ3v) is 3.45. The predicted octanol–water partition coefficient (Wildman–Crippen LogP) is 3.97. The first-order chi connectivity index (χ1) is 10.1. The van der Waals surface area contributed by atoms with Crippen LogP contribution < -0.4 is 10.1 Å². The van der Waals surface area contributed by atoms with Crippen molar-refractivity contribution in [3.63, 3.8) is 0 Å². The van der Waals surface area contributed by atoms with Crippen LogP contribution in [0.15, 0.2) is 41.4 Å². The summed E-state index contributed by atoms with van der Waals surface area (Å²) in [5, 5.41) is 12.2. The lowest BCUT2D eigenvalue weighted by Gasteiger charge is -2.15. The van der Waals surface area contributed by atoms with Gasteiger partial charge in [0.25, 0.3) is 0 Å². The van der Waals surface area contributed by atoms with E-state index in [1.54, 1.807) is 12.1 Å². The number of nitrogens with one attached hydrogen (secondary N) is 1. The van der Waals surface area contributed by atoms with Crippen molar-refractivity contribution in [1.82, 2.24) is 10.2 Å². The molecule has 1 aromatic carbocycles. The molecule has 1 unspecified atom stereocenters. The first-order valence-electron chi connectivity index (χ1n) is 6.27.